The Balaban J connectivity index is 1.81. The number of methoxy groups -OCH3 is 1. The molecule has 1 fully saturated rings. The summed E-state index contributed by atoms with van der Waals surface area (Å²) in [7, 11) is 1.72. The third-order valence-electron chi connectivity index (χ3n) is 3.19. The number of hydrogen-bond acceptors (Lipinski definition) is 2. The van der Waals surface area contributed by atoms with Crippen molar-refractivity contribution in [1.29, 1.82) is 0 Å². The standard InChI is InChI=1S/C13H19NO/c1-10-7-12(10)9-14-8-11-5-3-4-6-13(11)15-2/h3-6,10,12,14H,7-9H2,1-2H3. The van der Waals surface area contributed by atoms with Crippen LogP contribution in [0.15, 0.2) is 24.3 Å². The van der Waals surface area contributed by atoms with Gasteiger partial charge in [-0.05, 0) is 30.9 Å². The van der Waals surface area contributed by atoms with Gasteiger partial charge in [-0.1, -0.05) is 25.1 Å². The van der Waals surface area contributed by atoms with Crippen molar-refractivity contribution in [3.8, 4) is 5.75 Å². The zero-order valence-electron chi connectivity index (χ0n) is 9.49. The maximum absolute atomic E-state index is 5.30. The Kier molecular flexibility index (Phi) is 3.27. The molecule has 2 nitrogen and oxygen atoms in total. The van der Waals surface area contributed by atoms with Gasteiger partial charge in [0.2, 0.25) is 0 Å². The second-order valence-corrected chi connectivity index (χ2v) is 4.42. The summed E-state index contributed by atoms with van der Waals surface area (Å²) < 4.78 is 5.30. The SMILES string of the molecule is COc1ccccc1CNCC1CC1C. The molecule has 82 valence electrons. The van der Waals surface area contributed by atoms with Crippen molar-refractivity contribution in [3.63, 3.8) is 0 Å². The topological polar surface area (TPSA) is 21.3 Å². The molecule has 2 heteroatoms. The van der Waals surface area contributed by atoms with Crippen LogP contribution < -0.4 is 10.1 Å². The smallest absolute Gasteiger partial charge is 0.123 e. The maximum Gasteiger partial charge on any atom is 0.123 e. The summed E-state index contributed by atoms with van der Waals surface area (Å²) in [6.45, 7) is 4.36. The van der Waals surface area contributed by atoms with Crippen LogP contribution in [-0.4, -0.2) is 13.7 Å². The number of nitrogens with one attached hydrogen (secondary N) is 1. The van der Waals surface area contributed by atoms with Gasteiger partial charge < -0.3 is 10.1 Å². The number of ether oxygens (including phenoxy) is 1. The molecule has 2 atom stereocenters. The number of hydrogen-bond donors (Lipinski definition) is 1. The van der Waals surface area contributed by atoms with Crippen LogP contribution in [0.2, 0.25) is 0 Å². The molecule has 1 N–H and O–H groups in total. The maximum atomic E-state index is 5.30. The van der Waals surface area contributed by atoms with Crippen molar-refractivity contribution in [2.24, 2.45) is 11.8 Å². The van der Waals surface area contributed by atoms with Crippen molar-refractivity contribution in [1.82, 2.24) is 5.32 Å². The van der Waals surface area contributed by atoms with Crippen molar-refractivity contribution >= 4 is 0 Å². The lowest BCUT2D eigenvalue weighted by atomic mass is 10.2. The first-order valence-corrected chi connectivity index (χ1v) is 5.64. The van der Waals surface area contributed by atoms with Gasteiger partial charge in [0, 0.05) is 12.1 Å². The Morgan fingerprint density at radius 3 is 2.80 bits per heavy atom. The molecule has 2 unspecified atom stereocenters. The van der Waals surface area contributed by atoms with Gasteiger partial charge in [-0.25, -0.2) is 0 Å². The first-order chi connectivity index (χ1) is 7.31. The summed E-state index contributed by atoms with van der Waals surface area (Å²) in [5.41, 5.74) is 1.24. The van der Waals surface area contributed by atoms with E-state index in [1.54, 1.807) is 7.11 Å². The Morgan fingerprint density at radius 1 is 1.40 bits per heavy atom. The highest BCUT2D eigenvalue weighted by molar-refractivity contribution is 5.32. The van der Waals surface area contributed by atoms with E-state index >= 15 is 0 Å². The van der Waals surface area contributed by atoms with Crippen LogP contribution in [0.3, 0.4) is 0 Å². The van der Waals surface area contributed by atoms with Gasteiger partial charge in [0.1, 0.15) is 5.75 Å². The summed E-state index contributed by atoms with van der Waals surface area (Å²) in [5.74, 6) is 2.81. The van der Waals surface area contributed by atoms with E-state index in [2.05, 4.69) is 24.4 Å². The van der Waals surface area contributed by atoms with Gasteiger partial charge in [0.25, 0.3) is 0 Å². The van der Waals surface area contributed by atoms with E-state index in [0.717, 1.165) is 30.7 Å². The number of benzene rings is 1. The minimum atomic E-state index is 0.903. The molecule has 15 heavy (non-hydrogen) atoms. The van der Waals surface area contributed by atoms with Crippen LogP contribution in [-0.2, 0) is 6.54 Å². The summed E-state index contributed by atoms with van der Waals surface area (Å²) in [4.78, 5) is 0. The van der Waals surface area contributed by atoms with Crippen LogP contribution in [0, 0.1) is 11.8 Å². The molecule has 1 aromatic rings. The highest BCUT2D eigenvalue weighted by Gasteiger charge is 2.31. The minimum Gasteiger partial charge on any atom is -0.496 e. The Hall–Kier alpha value is -1.02. The van der Waals surface area contributed by atoms with Gasteiger partial charge in [0.05, 0.1) is 7.11 Å². The molecule has 0 radical (unpaired) electrons. The first-order valence-electron chi connectivity index (χ1n) is 5.64. The molecule has 0 saturated heterocycles. The monoisotopic (exact) mass is 205 g/mol. The fourth-order valence-corrected chi connectivity index (χ4v) is 1.92. The zero-order chi connectivity index (χ0) is 10.7. The number of rotatable bonds is 5. The quantitative estimate of drug-likeness (QED) is 0.797. The van der Waals surface area contributed by atoms with Crippen LogP contribution in [0.5, 0.6) is 5.75 Å². The van der Waals surface area contributed by atoms with Crippen LogP contribution in [0.1, 0.15) is 18.9 Å². The average molecular weight is 205 g/mol. The highest BCUT2D eigenvalue weighted by Crippen LogP contribution is 2.36. The summed E-state index contributed by atoms with van der Waals surface area (Å²) in [6, 6.07) is 8.18. The largest absolute Gasteiger partial charge is 0.496 e. The molecule has 0 amide bonds. The van der Waals surface area contributed by atoms with Crippen LogP contribution >= 0.6 is 0 Å². The number of para-hydroxylation sites is 1. The van der Waals surface area contributed by atoms with Crippen LogP contribution in [0.4, 0.5) is 0 Å². The molecule has 2 rings (SSSR count). The van der Waals surface area contributed by atoms with E-state index in [4.69, 9.17) is 4.74 Å². The van der Waals surface area contributed by atoms with Gasteiger partial charge in [-0.3, -0.25) is 0 Å². The van der Waals surface area contributed by atoms with Crippen molar-refractivity contribution in [2.75, 3.05) is 13.7 Å². The zero-order valence-corrected chi connectivity index (χ0v) is 9.49. The predicted octanol–water partition coefficient (Wildman–Crippen LogP) is 2.44. The molecule has 0 aliphatic heterocycles. The predicted molar refractivity (Wildman–Crippen MR) is 62.0 cm³/mol. The Bertz CT molecular complexity index is 324. The van der Waals surface area contributed by atoms with Crippen LogP contribution in [0.25, 0.3) is 0 Å². The average Bonchev–Trinajstić information content (AvgIpc) is 2.95. The lowest BCUT2D eigenvalue weighted by Crippen LogP contribution is -2.17. The molecule has 1 saturated carbocycles. The summed E-state index contributed by atoms with van der Waals surface area (Å²) in [5, 5.41) is 3.49. The molecule has 0 spiro atoms. The third-order valence-corrected chi connectivity index (χ3v) is 3.19. The fourth-order valence-electron chi connectivity index (χ4n) is 1.92. The van der Waals surface area contributed by atoms with E-state index < -0.39 is 0 Å². The Morgan fingerprint density at radius 2 is 2.13 bits per heavy atom. The minimum absolute atomic E-state index is 0.903. The van der Waals surface area contributed by atoms with Gasteiger partial charge in [-0.15, -0.1) is 0 Å². The van der Waals surface area contributed by atoms with E-state index in [1.165, 1.54) is 12.0 Å². The van der Waals surface area contributed by atoms with E-state index in [9.17, 15) is 0 Å². The third kappa shape index (κ3) is 2.72. The molecule has 1 aliphatic rings. The second-order valence-electron chi connectivity index (χ2n) is 4.42. The van der Waals surface area contributed by atoms with Gasteiger partial charge in [-0.2, -0.15) is 0 Å². The molecule has 1 aromatic carbocycles. The van der Waals surface area contributed by atoms with Crippen molar-refractivity contribution in [3.05, 3.63) is 29.8 Å². The molecular weight excluding hydrogens is 186 g/mol. The highest BCUT2D eigenvalue weighted by atomic mass is 16.5. The Labute approximate surface area is 91.6 Å². The first kappa shape index (κ1) is 10.5. The lowest BCUT2D eigenvalue weighted by Gasteiger charge is -2.08. The molecule has 1 aliphatic carbocycles. The molecule has 0 bridgehead atoms. The molecule has 0 aromatic heterocycles. The normalized spacial score (nSPS) is 23.9. The van der Waals surface area contributed by atoms with Crippen molar-refractivity contribution in [2.45, 2.75) is 19.9 Å². The van der Waals surface area contributed by atoms with Gasteiger partial charge in [0.15, 0.2) is 0 Å². The second kappa shape index (κ2) is 4.67. The fraction of sp³-hybridized carbons (Fsp3) is 0.538. The lowest BCUT2D eigenvalue weighted by molar-refractivity contribution is 0.407. The summed E-state index contributed by atoms with van der Waals surface area (Å²) >= 11 is 0. The van der Waals surface area contributed by atoms with E-state index in [-0.39, 0.29) is 0 Å². The van der Waals surface area contributed by atoms with Gasteiger partial charge >= 0.3 is 0 Å². The molecular formula is C13H19NO. The van der Waals surface area contributed by atoms with E-state index in [0.29, 0.717) is 0 Å². The van der Waals surface area contributed by atoms with E-state index in [1.807, 2.05) is 12.1 Å². The summed E-state index contributed by atoms with van der Waals surface area (Å²) in [6.07, 6.45) is 1.39. The molecule has 0 heterocycles. The van der Waals surface area contributed by atoms with Crippen molar-refractivity contribution < 1.29 is 4.74 Å².